The van der Waals surface area contributed by atoms with Gasteiger partial charge in [-0.2, -0.15) is 0 Å². The molecular formula is C23H32F3N3O4. The van der Waals surface area contributed by atoms with Crippen molar-refractivity contribution in [2.75, 3.05) is 32.7 Å². The number of hydrogen-bond acceptors (Lipinski definition) is 5. The third-order valence-electron chi connectivity index (χ3n) is 6.19. The van der Waals surface area contributed by atoms with Crippen molar-refractivity contribution in [1.29, 1.82) is 0 Å². The van der Waals surface area contributed by atoms with Crippen molar-refractivity contribution in [3.05, 3.63) is 29.8 Å². The highest BCUT2D eigenvalue weighted by atomic mass is 19.4. The first-order valence-corrected chi connectivity index (χ1v) is 11.3. The maximum atomic E-state index is 12.9. The summed E-state index contributed by atoms with van der Waals surface area (Å²) in [4.78, 5) is 30.4. The minimum absolute atomic E-state index is 0.0295. The smallest absolute Gasteiger partial charge is 0.406 e. The molecule has 2 fully saturated rings. The van der Waals surface area contributed by atoms with Crippen LogP contribution in [-0.2, 0) is 20.9 Å². The van der Waals surface area contributed by atoms with E-state index in [1.807, 2.05) is 23.6 Å². The third-order valence-corrected chi connectivity index (χ3v) is 6.19. The molecule has 0 bridgehead atoms. The first-order valence-electron chi connectivity index (χ1n) is 11.3. The number of rotatable bonds is 6. The van der Waals surface area contributed by atoms with Crippen molar-refractivity contribution < 1.29 is 32.2 Å². The molecule has 0 unspecified atom stereocenters. The first kappa shape index (κ1) is 25.3. The van der Waals surface area contributed by atoms with Gasteiger partial charge in [0.1, 0.15) is 5.75 Å². The van der Waals surface area contributed by atoms with Crippen LogP contribution < -0.4 is 4.74 Å². The van der Waals surface area contributed by atoms with Crippen LogP contribution in [0.1, 0.15) is 39.2 Å². The van der Waals surface area contributed by atoms with Gasteiger partial charge in [0, 0.05) is 45.2 Å². The molecule has 0 radical (unpaired) electrons. The van der Waals surface area contributed by atoms with Crippen LogP contribution in [0, 0.1) is 0 Å². The van der Waals surface area contributed by atoms with E-state index in [0.29, 0.717) is 32.7 Å². The van der Waals surface area contributed by atoms with Gasteiger partial charge in [-0.25, -0.2) is 0 Å². The Hall–Kier alpha value is -2.33. The Morgan fingerprint density at radius 2 is 1.76 bits per heavy atom. The number of carbonyl (C=O) groups is 2. The molecule has 2 saturated heterocycles. The lowest BCUT2D eigenvalue weighted by Crippen LogP contribution is -2.49. The van der Waals surface area contributed by atoms with Crippen LogP contribution in [0.15, 0.2) is 24.3 Å². The summed E-state index contributed by atoms with van der Waals surface area (Å²) >= 11 is 0. The van der Waals surface area contributed by atoms with Crippen molar-refractivity contribution >= 4 is 11.8 Å². The second kappa shape index (κ2) is 10.7. The number of carbonyl (C=O) groups excluding carboxylic acids is 2. The standard InChI is InChI=1S/C23H32F3N3O4/c1-16(2)29-13-21(32-15-18-4-6-20(7-5-18)33-23(24,25)26)12-28(14-22(29)31)19-8-10-27(11-9-19)17(3)30/h4-7,16,19,21H,8-15H2,1-3H3/t21-/m0/s1. The van der Waals surface area contributed by atoms with E-state index in [1.54, 1.807) is 19.1 Å². The van der Waals surface area contributed by atoms with E-state index in [4.69, 9.17) is 4.74 Å². The van der Waals surface area contributed by atoms with Crippen molar-refractivity contribution in [1.82, 2.24) is 14.7 Å². The van der Waals surface area contributed by atoms with Crippen molar-refractivity contribution in [2.24, 2.45) is 0 Å². The number of halogens is 3. The number of ether oxygens (including phenoxy) is 2. The molecule has 2 aliphatic rings. The summed E-state index contributed by atoms with van der Waals surface area (Å²) in [6, 6.07) is 5.83. The molecule has 7 nitrogen and oxygen atoms in total. The van der Waals surface area contributed by atoms with E-state index in [9.17, 15) is 22.8 Å². The Labute approximate surface area is 192 Å². The molecule has 0 saturated carbocycles. The second-order valence-corrected chi connectivity index (χ2v) is 8.93. The van der Waals surface area contributed by atoms with Crippen LogP contribution in [0.5, 0.6) is 5.75 Å². The van der Waals surface area contributed by atoms with Gasteiger partial charge >= 0.3 is 6.36 Å². The number of alkyl halides is 3. The number of hydrogen-bond donors (Lipinski definition) is 0. The van der Waals surface area contributed by atoms with E-state index < -0.39 is 6.36 Å². The van der Waals surface area contributed by atoms with E-state index in [2.05, 4.69) is 9.64 Å². The summed E-state index contributed by atoms with van der Waals surface area (Å²) in [7, 11) is 0. The maximum Gasteiger partial charge on any atom is 0.573 e. The zero-order chi connectivity index (χ0) is 24.2. The number of likely N-dealkylation sites (tertiary alicyclic amines) is 1. The van der Waals surface area contributed by atoms with Crippen LogP contribution in [0.25, 0.3) is 0 Å². The Balaban J connectivity index is 1.64. The molecule has 0 aliphatic carbocycles. The molecular weight excluding hydrogens is 439 g/mol. The Bertz CT molecular complexity index is 808. The molecule has 0 spiro atoms. The average molecular weight is 472 g/mol. The van der Waals surface area contributed by atoms with Gasteiger partial charge in [0.2, 0.25) is 11.8 Å². The fraction of sp³-hybridized carbons (Fsp3) is 0.652. The second-order valence-electron chi connectivity index (χ2n) is 8.93. The molecule has 184 valence electrons. The molecule has 1 aromatic carbocycles. The number of benzene rings is 1. The van der Waals surface area contributed by atoms with E-state index in [1.165, 1.54) is 12.1 Å². The fourth-order valence-corrected chi connectivity index (χ4v) is 4.40. The Morgan fingerprint density at radius 3 is 2.30 bits per heavy atom. The Morgan fingerprint density at radius 1 is 1.12 bits per heavy atom. The molecule has 0 N–H and O–H groups in total. The Kier molecular flexibility index (Phi) is 8.23. The van der Waals surface area contributed by atoms with Crippen LogP contribution in [0.2, 0.25) is 0 Å². The van der Waals surface area contributed by atoms with E-state index >= 15 is 0 Å². The van der Waals surface area contributed by atoms with E-state index in [-0.39, 0.29) is 42.4 Å². The van der Waals surface area contributed by atoms with Gasteiger partial charge in [-0.05, 0) is 44.4 Å². The SMILES string of the molecule is CC(=O)N1CCC(N2CC(=O)N(C(C)C)C[C@@H](OCc3ccc(OC(F)(F)F)cc3)C2)CC1. The molecule has 2 aliphatic heterocycles. The monoisotopic (exact) mass is 471 g/mol. The lowest BCUT2D eigenvalue weighted by Gasteiger charge is -2.38. The summed E-state index contributed by atoms with van der Waals surface area (Å²) < 4.78 is 47.1. The van der Waals surface area contributed by atoms with Crippen molar-refractivity contribution in [2.45, 2.75) is 64.8 Å². The topological polar surface area (TPSA) is 62.3 Å². The van der Waals surface area contributed by atoms with Gasteiger partial charge in [-0.3, -0.25) is 14.5 Å². The lowest BCUT2D eigenvalue weighted by molar-refractivity contribution is -0.274. The molecule has 10 heteroatoms. The predicted octanol–water partition coefficient (Wildman–Crippen LogP) is 3.03. The maximum absolute atomic E-state index is 12.9. The van der Waals surface area contributed by atoms with Crippen LogP contribution in [0.4, 0.5) is 13.2 Å². The van der Waals surface area contributed by atoms with E-state index in [0.717, 1.165) is 18.4 Å². The highest BCUT2D eigenvalue weighted by Crippen LogP contribution is 2.24. The lowest BCUT2D eigenvalue weighted by atomic mass is 10.0. The van der Waals surface area contributed by atoms with Gasteiger partial charge in [0.15, 0.2) is 0 Å². The summed E-state index contributed by atoms with van der Waals surface area (Å²) in [6.07, 6.45) is -3.35. The summed E-state index contributed by atoms with van der Waals surface area (Å²) in [5.41, 5.74) is 0.720. The zero-order valence-electron chi connectivity index (χ0n) is 19.3. The van der Waals surface area contributed by atoms with Gasteiger partial charge in [-0.1, -0.05) is 12.1 Å². The van der Waals surface area contributed by atoms with Gasteiger partial charge in [0.25, 0.3) is 0 Å². The third kappa shape index (κ3) is 7.33. The van der Waals surface area contributed by atoms with Gasteiger partial charge < -0.3 is 19.3 Å². The van der Waals surface area contributed by atoms with Crippen LogP contribution in [-0.4, -0.2) is 83.8 Å². The predicted molar refractivity (Wildman–Crippen MR) is 115 cm³/mol. The highest BCUT2D eigenvalue weighted by Gasteiger charge is 2.35. The summed E-state index contributed by atoms with van der Waals surface area (Å²) in [5.74, 6) is -0.154. The summed E-state index contributed by atoms with van der Waals surface area (Å²) in [6.45, 7) is 8.42. The molecule has 2 amide bonds. The quantitative estimate of drug-likeness (QED) is 0.638. The highest BCUT2D eigenvalue weighted by molar-refractivity contribution is 5.79. The van der Waals surface area contributed by atoms with Crippen molar-refractivity contribution in [3.63, 3.8) is 0 Å². The van der Waals surface area contributed by atoms with Gasteiger partial charge in [-0.15, -0.1) is 13.2 Å². The fourth-order valence-electron chi connectivity index (χ4n) is 4.40. The number of amides is 2. The minimum atomic E-state index is -4.73. The van der Waals surface area contributed by atoms with Crippen LogP contribution in [0.3, 0.4) is 0 Å². The molecule has 1 atom stereocenters. The van der Waals surface area contributed by atoms with Gasteiger partial charge in [0.05, 0.1) is 19.3 Å². The first-order chi connectivity index (χ1) is 15.5. The molecule has 33 heavy (non-hydrogen) atoms. The zero-order valence-corrected chi connectivity index (χ0v) is 19.3. The molecule has 1 aromatic rings. The van der Waals surface area contributed by atoms with Crippen molar-refractivity contribution in [3.8, 4) is 5.75 Å². The van der Waals surface area contributed by atoms with Crippen LogP contribution >= 0.6 is 0 Å². The largest absolute Gasteiger partial charge is 0.573 e. The summed E-state index contributed by atoms with van der Waals surface area (Å²) in [5, 5.41) is 0. The molecule has 2 heterocycles. The normalized spacial score (nSPS) is 21.4. The minimum Gasteiger partial charge on any atom is -0.406 e. The number of piperidine rings is 1. The molecule has 0 aromatic heterocycles. The average Bonchev–Trinajstić information content (AvgIpc) is 2.91. The molecule has 3 rings (SSSR count). The number of nitrogens with zero attached hydrogens (tertiary/aromatic N) is 3.